The van der Waals surface area contributed by atoms with Gasteiger partial charge in [-0.3, -0.25) is 10.1 Å². The van der Waals surface area contributed by atoms with Crippen molar-refractivity contribution < 1.29 is 13.9 Å². The lowest BCUT2D eigenvalue weighted by molar-refractivity contribution is 0.0564. The lowest BCUT2D eigenvalue weighted by Gasteiger charge is -2.26. The van der Waals surface area contributed by atoms with Gasteiger partial charge in [0, 0.05) is 37.0 Å². The second-order valence-corrected chi connectivity index (χ2v) is 7.53. The van der Waals surface area contributed by atoms with Crippen LogP contribution >= 0.6 is 0 Å². The first-order valence-corrected chi connectivity index (χ1v) is 10.1. The molecule has 2 amide bonds. The van der Waals surface area contributed by atoms with E-state index in [-0.39, 0.29) is 23.6 Å². The summed E-state index contributed by atoms with van der Waals surface area (Å²) in [4.78, 5) is 30.8. The highest BCUT2D eigenvalue weighted by Crippen LogP contribution is 2.30. The van der Waals surface area contributed by atoms with Crippen molar-refractivity contribution >= 4 is 12.0 Å². The number of nitrogens with one attached hydrogen (secondary N) is 1. The molecule has 1 saturated heterocycles. The molecule has 4 rings (SSSR count). The van der Waals surface area contributed by atoms with Crippen molar-refractivity contribution in [3.8, 4) is 22.7 Å². The number of hydrogen-bond donors (Lipinski definition) is 1. The van der Waals surface area contributed by atoms with Crippen LogP contribution in [0.25, 0.3) is 22.7 Å². The summed E-state index contributed by atoms with van der Waals surface area (Å²) >= 11 is 0. The van der Waals surface area contributed by atoms with E-state index in [9.17, 15) is 9.59 Å². The van der Waals surface area contributed by atoms with E-state index in [1.807, 2.05) is 26.8 Å². The lowest BCUT2D eigenvalue weighted by Crippen LogP contribution is -2.43. The van der Waals surface area contributed by atoms with E-state index >= 15 is 0 Å². The first-order valence-electron chi connectivity index (χ1n) is 10.1. The monoisotopic (exact) mass is 424 g/mol. The van der Waals surface area contributed by atoms with Crippen molar-refractivity contribution in [1.29, 1.82) is 0 Å². The minimum absolute atomic E-state index is 0.0187. The van der Waals surface area contributed by atoms with Gasteiger partial charge in [0.05, 0.1) is 13.2 Å². The summed E-state index contributed by atoms with van der Waals surface area (Å²) in [5.41, 5.74) is 1.44. The second-order valence-electron chi connectivity index (χ2n) is 7.53. The van der Waals surface area contributed by atoms with Gasteiger partial charge in [-0.05, 0) is 39.0 Å². The van der Waals surface area contributed by atoms with E-state index in [1.54, 1.807) is 27.8 Å². The molecule has 0 radical (unpaired) electrons. The van der Waals surface area contributed by atoms with Crippen molar-refractivity contribution in [1.82, 2.24) is 24.6 Å². The number of aryl methyl sites for hydroxylation is 1. The molecule has 1 fully saturated rings. The number of nitrogens with zero attached hydrogens (tertiary/aromatic N) is 5. The molecule has 3 aromatic heterocycles. The van der Waals surface area contributed by atoms with Crippen LogP contribution in [-0.2, 0) is 4.74 Å². The number of amides is 2. The lowest BCUT2D eigenvalue weighted by atomic mass is 10.1. The van der Waals surface area contributed by atoms with Crippen LogP contribution in [0.4, 0.5) is 10.7 Å². The van der Waals surface area contributed by atoms with Crippen LogP contribution in [0, 0.1) is 6.92 Å². The van der Waals surface area contributed by atoms with Crippen LogP contribution in [0.1, 0.15) is 25.6 Å². The average molecular weight is 424 g/mol. The molecule has 0 unspecified atom stereocenters. The molecule has 10 heteroatoms. The highest BCUT2D eigenvalue weighted by Gasteiger charge is 2.21. The number of anilines is 1. The Morgan fingerprint density at radius 3 is 2.55 bits per heavy atom. The third-order valence-corrected chi connectivity index (χ3v) is 4.95. The molecule has 1 N–H and O–H groups in total. The summed E-state index contributed by atoms with van der Waals surface area (Å²) in [6, 6.07) is 6.44. The summed E-state index contributed by atoms with van der Waals surface area (Å²) in [6.45, 7) is 7.67. The minimum atomic E-state index is -0.312. The Morgan fingerprint density at radius 1 is 1.10 bits per heavy atom. The number of pyridine rings is 1. The van der Waals surface area contributed by atoms with Crippen LogP contribution in [0.15, 0.2) is 39.7 Å². The standard InChI is InChI=1S/C21H24N6O4/c1-13(2)27-12-15(5-7-17(27)28)18-19(16-6-4-14(3)31-16)22-20(25-24-18)23-21(29)26-8-10-30-11-9-26/h4-7,12-13H,8-11H2,1-3H3,(H,22,23,25,29). The zero-order valence-corrected chi connectivity index (χ0v) is 17.7. The largest absolute Gasteiger partial charge is 0.460 e. The normalized spacial score (nSPS) is 14.1. The van der Waals surface area contributed by atoms with Crippen molar-refractivity contribution in [3.05, 3.63) is 46.6 Å². The molecule has 0 spiro atoms. The van der Waals surface area contributed by atoms with Crippen LogP contribution < -0.4 is 10.9 Å². The summed E-state index contributed by atoms with van der Waals surface area (Å²) in [6.07, 6.45) is 1.73. The molecule has 0 aromatic carbocycles. The van der Waals surface area contributed by atoms with Gasteiger partial charge < -0.3 is 18.6 Å². The molecule has 0 atom stereocenters. The maximum absolute atomic E-state index is 12.5. The molecule has 0 aliphatic carbocycles. The Morgan fingerprint density at radius 2 is 1.87 bits per heavy atom. The number of urea groups is 1. The van der Waals surface area contributed by atoms with Crippen LogP contribution in [0.5, 0.6) is 0 Å². The molecular weight excluding hydrogens is 400 g/mol. The van der Waals surface area contributed by atoms with E-state index in [4.69, 9.17) is 9.15 Å². The maximum atomic E-state index is 12.5. The molecule has 4 heterocycles. The molecule has 162 valence electrons. The molecule has 31 heavy (non-hydrogen) atoms. The number of hydrogen-bond acceptors (Lipinski definition) is 7. The van der Waals surface area contributed by atoms with Gasteiger partial charge >= 0.3 is 6.03 Å². The zero-order valence-electron chi connectivity index (χ0n) is 17.7. The smallest absolute Gasteiger partial charge is 0.324 e. The van der Waals surface area contributed by atoms with Crippen LogP contribution in [0.2, 0.25) is 0 Å². The number of carbonyl (C=O) groups excluding carboxylic acids is 1. The van der Waals surface area contributed by atoms with Gasteiger partial charge in [-0.2, -0.15) is 0 Å². The molecule has 1 aliphatic rings. The van der Waals surface area contributed by atoms with Crippen LogP contribution in [-0.4, -0.2) is 57.0 Å². The van der Waals surface area contributed by atoms with Gasteiger partial charge in [0.25, 0.3) is 11.5 Å². The van der Waals surface area contributed by atoms with E-state index in [0.717, 1.165) is 0 Å². The second kappa shape index (κ2) is 8.68. The Labute approximate surface area is 178 Å². The number of rotatable bonds is 4. The predicted octanol–water partition coefficient (Wildman–Crippen LogP) is 2.71. The number of furan rings is 1. The summed E-state index contributed by atoms with van der Waals surface area (Å²) in [5.74, 6) is 1.28. The fourth-order valence-corrected chi connectivity index (χ4v) is 3.30. The van der Waals surface area contributed by atoms with Crippen molar-refractivity contribution in [2.75, 3.05) is 31.6 Å². The summed E-state index contributed by atoms with van der Waals surface area (Å²) in [7, 11) is 0. The maximum Gasteiger partial charge on any atom is 0.324 e. The third kappa shape index (κ3) is 4.48. The first-order chi connectivity index (χ1) is 14.9. The number of morpholine rings is 1. The minimum Gasteiger partial charge on any atom is -0.460 e. The highest BCUT2D eigenvalue weighted by molar-refractivity contribution is 5.88. The van der Waals surface area contributed by atoms with Crippen LogP contribution in [0.3, 0.4) is 0 Å². The molecular formula is C21H24N6O4. The Bertz CT molecular complexity index is 1150. The van der Waals surface area contributed by atoms with Gasteiger partial charge in [-0.15, -0.1) is 10.2 Å². The average Bonchev–Trinajstić information content (AvgIpc) is 3.21. The quantitative estimate of drug-likeness (QED) is 0.685. The van der Waals surface area contributed by atoms with Gasteiger partial charge in [0.1, 0.15) is 17.1 Å². The highest BCUT2D eigenvalue weighted by atomic mass is 16.5. The molecule has 3 aromatic rings. The predicted molar refractivity (Wildman–Crippen MR) is 114 cm³/mol. The van der Waals surface area contributed by atoms with E-state index in [0.29, 0.717) is 54.8 Å². The van der Waals surface area contributed by atoms with E-state index < -0.39 is 0 Å². The molecule has 1 aliphatic heterocycles. The SMILES string of the molecule is Cc1ccc(-c2nc(NC(=O)N3CCOCC3)nnc2-c2ccc(=O)n(C(C)C)c2)o1. The van der Waals surface area contributed by atoms with Crippen molar-refractivity contribution in [2.45, 2.75) is 26.8 Å². The fraction of sp³-hybridized carbons (Fsp3) is 0.381. The van der Waals surface area contributed by atoms with Crippen molar-refractivity contribution in [2.24, 2.45) is 0 Å². The number of carbonyl (C=O) groups is 1. The number of aromatic nitrogens is 4. The molecule has 10 nitrogen and oxygen atoms in total. The van der Waals surface area contributed by atoms with E-state index in [2.05, 4.69) is 20.5 Å². The van der Waals surface area contributed by atoms with E-state index in [1.165, 1.54) is 6.07 Å². The molecule has 0 saturated carbocycles. The first kappa shape index (κ1) is 20.7. The van der Waals surface area contributed by atoms with Gasteiger partial charge in [0.15, 0.2) is 5.76 Å². The fourth-order valence-electron chi connectivity index (χ4n) is 3.30. The summed E-state index contributed by atoms with van der Waals surface area (Å²) < 4.78 is 12.7. The zero-order chi connectivity index (χ0) is 22.0. The molecule has 0 bridgehead atoms. The van der Waals surface area contributed by atoms with Crippen molar-refractivity contribution in [3.63, 3.8) is 0 Å². The Kier molecular flexibility index (Phi) is 5.81. The Hall–Kier alpha value is -3.53. The van der Waals surface area contributed by atoms with Gasteiger partial charge in [-0.25, -0.2) is 9.78 Å². The van der Waals surface area contributed by atoms with Gasteiger partial charge in [-0.1, -0.05) is 0 Å². The topological polar surface area (TPSA) is 115 Å². The number of ether oxygens (including phenoxy) is 1. The Balaban J connectivity index is 1.73. The third-order valence-electron chi connectivity index (χ3n) is 4.95. The summed E-state index contributed by atoms with van der Waals surface area (Å²) in [5, 5.41) is 11.1. The van der Waals surface area contributed by atoms with Gasteiger partial charge in [0.2, 0.25) is 0 Å².